The molecule has 1 aliphatic rings. The highest BCUT2D eigenvalue weighted by molar-refractivity contribution is 7.08. The molecule has 0 atom stereocenters. The Balaban J connectivity index is 2.18. The van der Waals surface area contributed by atoms with E-state index in [-0.39, 0.29) is 6.42 Å². The van der Waals surface area contributed by atoms with Gasteiger partial charge in [0.25, 0.3) is 0 Å². The molecule has 1 aromatic carbocycles. The number of carboxylic acids is 1. The van der Waals surface area contributed by atoms with Gasteiger partial charge in [-0.2, -0.15) is 11.3 Å². The number of carboxylic acid groups (broad SMARTS) is 1. The van der Waals surface area contributed by atoms with Gasteiger partial charge in [-0.15, -0.1) is 0 Å². The van der Waals surface area contributed by atoms with Crippen LogP contribution >= 0.6 is 22.9 Å². The summed E-state index contributed by atoms with van der Waals surface area (Å²) in [6, 6.07) is 7.72. The van der Waals surface area contributed by atoms with Crippen LogP contribution in [0.1, 0.15) is 30.0 Å². The highest BCUT2D eigenvalue weighted by Crippen LogP contribution is 2.44. The molecule has 0 saturated carbocycles. The van der Waals surface area contributed by atoms with Crippen LogP contribution in [0.15, 0.2) is 40.6 Å². The van der Waals surface area contributed by atoms with E-state index in [1.165, 1.54) is 0 Å². The zero-order valence-corrected chi connectivity index (χ0v) is 13.0. The third-order valence-electron chi connectivity index (χ3n) is 3.64. The van der Waals surface area contributed by atoms with Crippen LogP contribution in [0.3, 0.4) is 0 Å². The quantitative estimate of drug-likeness (QED) is 0.844. The Hall–Kier alpha value is -1.84. The van der Waals surface area contributed by atoms with E-state index in [2.05, 4.69) is 17.5 Å². The van der Waals surface area contributed by atoms with Gasteiger partial charge in [0.1, 0.15) is 0 Å². The maximum atomic E-state index is 11.1. The van der Waals surface area contributed by atoms with Gasteiger partial charge in [0.05, 0.1) is 6.42 Å². The van der Waals surface area contributed by atoms with E-state index in [1.54, 1.807) is 11.3 Å². The molecule has 3 rings (SSSR count). The third kappa shape index (κ3) is 2.67. The first-order chi connectivity index (χ1) is 10.1. The molecular formula is C17H13ClO2S. The van der Waals surface area contributed by atoms with Crippen LogP contribution in [-0.2, 0) is 4.79 Å². The lowest BCUT2D eigenvalue weighted by atomic mass is 10.0. The number of rotatable bonds is 3. The van der Waals surface area contributed by atoms with E-state index in [1.807, 2.05) is 30.5 Å². The van der Waals surface area contributed by atoms with Crippen molar-refractivity contribution in [2.24, 2.45) is 0 Å². The first kappa shape index (κ1) is 14.1. The normalized spacial score (nSPS) is 15.6. The summed E-state index contributed by atoms with van der Waals surface area (Å²) < 4.78 is 0. The van der Waals surface area contributed by atoms with Crippen molar-refractivity contribution in [1.29, 1.82) is 0 Å². The molecule has 2 nitrogen and oxygen atoms in total. The molecule has 2 aromatic rings. The minimum absolute atomic E-state index is 0.0140. The predicted molar refractivity (Wildman–Crippen MR) is 88.5 cm³/mol. The first-order valence-electron chi connectivity index (χ1n) is 6.52. The van der Waals surface area contributed by atoms with Gasteiger partial charge in [0, 0.05) is 5.02 Å². The smallest absolute Gasteiger partial charge is 0.307 e. The van der Waals surface area contributed by atoms with Crippen LogP contribution in [0, 0.1) is 0 Å². The van der Waals surface area contributed by atoms with Crippen molar-refractivity contribution in [3.05, 3.63) is 62.3 Å². The Morgan fingerprint density at radius 1 is 1.33 bits per heavy atom. The predicted octanol–water partition coefficient (Wildman–Crippen LogP) is 5.20. The Morgan fingerprint density at radius 2 is 2.14 bits per heavy atom. The second-order valence-electron chi connectivity index (χ2n) is 4.98. The van der Waals surface area contributed by atoms with E-state index < -0.39 is 5.97 Å². The van der Waals surface area contributed by atoms with Crippen LogP contribution in [0.4, 0.5) is 0 Å². The standard InChI is InChI=1S/C17H13ClO2S/c1-10-14(6-11-4-5-21-9-11)13-3-2-12(18)7-16(13)15(10)8-17(19)20/h2-7,9H,8H2,1H3,(H,19,20)/b14-6-. The van der Waals surface area contributed by atoms with Gasteiger partial charge in [0.15, 0.2) is 0 Å². The Labute approximate surface area is 132 Å². The molecule has 1 aliphatic carbocycles. The summed E-state index contributed by atoms with van der Waals surface area (Å²) >= 11 is 7.72. The van der Waals surface area contributed by atoms with E-state index in [4.69, 9.17) is 16.7 Å². The highest BCUT2D eigenvalue weighted by Gasteiger charge is 2.25. The van der Waals surface area contributed by atoms with E-state index in [9.17, 15) is 4.79 Å². The number of thiophene rings is 1. The lowest BCUT2D eigenvalue weighted by Gasteiger charge is -2.04. The van der Waals surface area contributed by atoms with Crippen LogP contribution in [-0.4, -0.2) is 11.1 Å². The molecule has 0 saturated heterocycles. The van der Waals surface area contributed by atoms with Gasteiger partial charge in [-0.25, -0.2) is 0 Å². The largest absolute Gasteiger partial charge is 0.481 e. The third-order valence-corrected chi connectivity index (χ3v) is 4.57. The van der Waals surface area contributed by atoms with Crippen molar-refractivity contribution in [3.63, 3.8) is 0 Å². The first-order valence-corrected chi connectivity index (χ1v) is 7.84. The number of halogens is 1. The molecule has 0 bridgehead atoms. The van der Waals surface area contributed by atoms with Crippen molar-refractivity contribution in [2.75, 3.05) is 0 Å². The van der Waals surface area contributed by atoms with Gasteiger partial charge in [0.2, 0.25) is 0 Å². The maximum Gasteiger partial charge on any atom is 0.307 e. The summed E-state index contributed by atoms with van der Waals surface area (Å²) in [7, 11) is 0. The van der Waals surface area contributed by atoms with Crippen molar-refractivity contribution < 1.29 is 9.90 Å². The number of hydrogen-bond donors (Lipinski definition) is 1. The zero-order valence-electron chi connectivity index (χ0n) is 11.4. The molecule has 1 aromatic heterocycles. The fraction of sp³-hybridized carbons (Fsp3) is 0.118. The fourth-order valence-corrected chi connectivity index (χ4v) is 3.45. The molecule has 4 heteroatoms. The Bertz CT molecular complexity index is 770. The summed E-state index contributed by atoms with van der Waals surface area (Å²) in [5.41, 5.74) is 6.06. The van der Waals surface area contributed by atoms with Crippen LogP contribution < -0.4 is 0 Å². The fourth-order valence-electron chi connectivity index (χ4n) is 2.66. The number of allylic oxidation sites excluding steroid dienone is 2. The van der Waals surface area contributed by atoms with Crippen molar-refractivity contribution in [2.45, 2.75) is 13.3 Å². The highest BCUT2D eigenvalue weighted by atomic mass is 35.5. The van der Waals surface area contributed by atoms with Crippen LogP contribution in [0.5, 0.6) is 0 Å². The van der Waals surface area contributed by atoms with Gasteiger partial charge in [-0.1, -0.05) is 17.7 Å². The lowest BCUT2D eigenvalue weighted by molar-refractivity contribution is -0.135. The van der Waals surface area contributed by atoms with Gasteiger partial charge >= 0.3 is 5.97 Å². The minimum Gasteiger partial charge on any atom is -0.481 e. The lowest BCUT2D eigenvalue weighted by Crippen LogP contribution is -1.96. The molecule has 0 radical (unpaired) electrons. The van der Waals surface area contributed by atoms with Crippen molar-refractivity contribution >= 4 is 46.1 Å². The molecule has 0 fully saturated rings. The molecule has 0 amide bonds. The molecule has 0 unspecified atom stereocenters. The molecule has 0 spiro atoms. The minimum atomic E-state index is -0.827. The van der Waals surface area contributed by atoms with E-state index in [0.717, 1.165) is 33.4 Å². The second-order valence-corrected chi connectivity index (χ2v) is 6.20. The molecular weight excluding hydrogens is 304 g/mol. The number of benzene rings is 1. The van der Waals surface area contributed by atoms with E-state index in [0.29, 0.717) is 5.02 Å². The molecule has 1 N–H and O–H groups in total. The molecule has 0 aliphatic heterocycles. The topological polar surface area (TPSA) is 37.3 Å². The van der Waals surface area contributed by atoms with Crippen LogP contribution in [0.25, 0.3) is 17.2 Å². The number of aliphatic carboxylic acids is 1. The monoisotopic (exact) mass is 316 g/mol. The second kappa shape index (κ2) is 5.51. The molecule has 106 valence electrons. The molecule has 21 heavy (non-hydrogen) atoms. The zero-order chi connectivity index (χ0) is 15.0. The van der Waals surface area contributed by atoms with Crippen LogP contribution in [0.2, 0.25) is 5.02 Å². The average Bonchev–Trinajstić information content (AvgIpc) is 3.01. The van der Waals surface area contributed by atoms with Gasteiger partial charge < -0.3 is 5.11 Å². The summed E-state index contributed by atoms with van der Waals surface area (Å²) in [4.78, 5) is 11.1. The Morgan fingerprint density at radius 3 is 2.81 bits per heavy atom. The Kier molecular flexibility index (Phi) is 3.70. The summed E-state index contributed by atoms with van der Waals surface area (Å²) in [6.07, 6.45) is 2.12. The van der Waals surface area contributed by atoms with Crippen molar-refractivity contribution in [3.8, 4) is 0 Å². The van der Waals surface area contributed by atoms with Gasteiger partial charge in [-0.05, 0) is 75.4 Å². The summed E-state index contributed by atoms with van der Waals surface area (Å²) in [6.45, 7) is 1.98. The average molecular weight is 317 g/mol. The summed E-state index contributed by atoms with van der Waals surface area (Å²) in [5.74, 6) is -0.827. The maximum absolute atomic E-state index is 11.1. The number of hydrogen-bond acceptors (Lipinski definition) is 2. The SMILES string of the molecule is CC1=C(CC(=O)O)c2cc(Cl)ccc2/C1=C\c1ccsc1. The summed E-state index contributed by atoms with van der Waals surface area (Å²) in [5, 5.41) is 13.9. The number of carbonyl (C=O) groups is 1. The van der Waals surface area contributed by atoms with Gasteiger partial charge in [-0.3, -0.25) is 4.79 Å². The molecule has 1 heterocycles. The van der Waals surface area contributed by atoms with E-state index >= 15 is 0 Å². The number of fused-ring (bicyclic) bond motifs is 1. The van der Waals surface area contributed by atoms with Crippen molar-refractivity contribution in [1.82, 2.24) is 0 Å².